The minimum atomic E-state index is 0.450. The predicted octanol–water partition coefficient (Wildman–Crippen LogP) is 3.95. The Kier molecular flexibility index (Phi) is 4.25. The van der Waals surface area contributed by atoms with Gasteiger partial charge in [-0.2, -0.15) is 0 Å². The molecule has 0 aliphatic rings. The van der Waals surface area contributed by atoms with Gasteiger partial charge in [0.1, 0.15) is 0 Å². The summed E-state index contributed by atoms with van der Waals surface area (Å²) in [5.74, 6) is 0.557. The van der Waals surface area contributed by atoms with Gasteiger partial charge < -0.3 is 9.88 Å². The molecule has 3 nitrogen and oxygen atoms in total. The molecule has 0 amide bonds. The van der Waals surface area contributed by atoms with Crippen molar-refractivity contribution < 1.29 is 0 Å². The molecule has 0 unspecified atom stereocenters. The number of anilines is 1. The third-order valence-electron chi connectivity index (χ3n) is 3.39. The Labute approximate surface area is 115 Å². The second-order valence-corrected chi connectivity index (χ2v) is 5.55. The van der Waals surface area contributed by atoms with Crippen molar-refractivity contribution in [2.24, 2.45) is 0 Å². The lowest BCUT2D eigenvalue weighted by atomic mass is 10.0. The van der Waals surface area contributed by atoms with Gasteiger partial charge in [-0.15, -0.1) is 0 Å². The van der Waals surface area contributed by atoms with Crippen molar-refractivity contribution in [3.05, 3.63) is 48.0 Å². The molecule has 102 valence electrons. The number of hydrogen-bond donors (Lipinski definition) is 1. The van der Waals surface area contributed by atoms with E-state index < -0.39 is 0 Å². The summed E-state index contributed by atoms with van der Waals surface area (Å²) in [6.07, 6.45) is 3.63. The second-order valence-electron chi connectivity index (χ2n) is 5.55. The van der Waals surface area contributed by atoms with Crippen LogP contribution in [0, 0.1) is 0 Å². The summed E-state index contributed by atoms with van der Waals surface area (Å²) in [7, 11) is 0. The van der Waals surface area contributed by atoms with E-state index >= 15 is 0 Å². The summed E-state index contributed by atoms with van der Waals surface area (Å²) < 4.78 is 0. The molecule has 1 aromatic carbocycles. The van der Waals surface area contributed by atoms with Gasteiger partial charge in [-0.25, -0.2) is 4.98 Å². The van der Waals surface area contributed by atoms with E-state index in [9.17, 15) is 0 Å². The summed E-state index contributed by atoms with van der Waals surface area (Å²) in [5.41, 5.74) is 3.80. The first-order valence-electron chi connectivity index (χ1n) is 6.91. The van der Waals surface area contributed by atoms with Crippen LogP contribution in [-0.2, 0) is 6.54 Å². The van der Waals surface area contributed by atoms with E-state index in [2.05, 4.69) is 66.8 Å². The molecule has 0 saturated carbocycles. The number of nitrogens with zero attached hydrogens (tertiary/aromatic N) is 2. The Bertz CT molecular complexity index is 500. The molecular weight excluding hydrogens is 234 g/mol. The zero-order chi connectivity index (χ0) is 13.8. The molecule has 2 rings (SSSR count). The molecule has 0 aliphatic carbocycles. The predicted molar refractivity (Wildman–Crippen MR) is 80.4 cm³/mol. The molecule has 0 radical (unpaired) electrons. The molecule has 19 heavy (non-hydrogen) atoms. The Balaban J connectivity index is 2.26. The van der Waals surface area contributed by atoms with E-state index in [0.29, 0.717) is 12.0 Å². The first-order valence-corrected chi connectivity index (χ1v) is 6.91. The summed E-state index contributed by atoms with van der Waals surface area (Å²) >= 11 is 0. The van der Waals surface area contributed by atoms with E-state index in [4.69, 9.17) is 0 Å². The number of aromatic nitrogens is 2. The van der Waals surface area contributed by atoms with Crippen LogP contribution in [0.25, 0.3) is 0 Å². The minimum Gasteiger partial charge on any atom is -0.363 e. The molecule has 0 aliphatic heterocycles. The van der Waals surface area contributed by atoms with Crippen molar-refractivity contribution in [1.82, 2.24) is 9.97 Å². The van der Waals surface area contributed by atoms with E-state index in [1.165, 1.54) is 11.3 Å². The molecule has 0 bridgehead atoms. The largest absolute Gasteiger partial charge is 0.363 e. The molecule has 2 aromatic rings. The number of hydrogen-bond acceptors (Lipinski definition) is 2. The van der Waals surface area contributed by atoms with Crippen LogP contribution in [0.15, 0.2) is 36.8 Å². The first-order chi connectivity index (χ1) is 9.08. The quantitative estimate of drug-likeness (QED) is 0.879. The van der Waals surface area contributed by atoms with Crippen LogP contribution in [0.4, 0.5) is 5.69 Å². The van der Waals surface area contributed by atoms with Gasteiger partial charge >= 0.3 is 0 Å². The zero-order valence-electron chi connectivity index (χ0n) is 12.2. The molecule has 0 spiro atoms. The normalized spacial score (nSPS) is 11.3. The van der Waals surface area contributed by atoms with E-state index in [1.54, 1.807) is 6.33 Å². The minimum absolute atomic E-state index is 0.450. The van der Waals surface area contributed by atoms with Gasteiger partial charge in [0.05, 0.1) is 18.6 Å². The van der Waals surface area contributed by atoms with Crippen LogP contribution in [0.5, 0.6) is 0 Å². The van der Waals surface area contributed by atoms with Crippen molar-refractivity contribution in [3.63, 3.8) is 0 Å². The highest BCUT2D eigenvalue weighted by atomic mass is 15.2. The monoisotopic (exact) mass is 257 g/mol. The third kappa shape index (κ3) is 3.37. The van der Waals surface area contributed by atoms with Crippen molar-refractivity contribution >= 4 is 5.69 Å². The third-order valence-corrected chi connectivity index (χ3v) is 3.39. The highest BCUT2D eigenvalue weighted by Gasteiger charge is 2.13. The van der Waals surface area contributed by atoms with Gasteiger partial charge in [-0.1, -0.05) is 26.0 Å². The topological polar surface area (TPSA) is 31.9 Å². The van der Waals surface area contributed by atoms with Crippen molar-refractivity contribution in [3.8, 4) is 0 Å². The average Bonchev–Trinajstić information content (AvgIpc) is 2.88. The molecule has 0 fully saturated rings. The molecule has 3 heteroatoms. The van der Waals surface area contributed by atoms with E-state index in [0.717, 1.165) is 12.2 Å². The number of imidazole rings is 1. The van der Waals surface area contributed by atoms with Crippen LogP contribution < -0.4 is 4.90 Å². The summed E-state index contributed by atoms with van der Waals surface area (Å²) in [6.45, 7) is 9.76. The molecule has 1 N–H and O–H groups in total. The van der Waals surface area contributed by atoms with E-state index in [-0.39, 0.29) is 0 Å². The Morgan fingerprint density at radius 1 is 1.21 bits per heavy atom. The fourth-order valence-corrected chi connectivity index (χ4v) is 2.19. The van der Waals surface area contributed by atoms with Crippen molar-refractivity contribution in [2.75, 3.05) is 4.90 Å². The fourth-order valence-electron chi connectivity index (χ4n) is 2.19. The van der Waals surface area contributed by atoms with Gasteiger partial charge in [0.15, 0.2) is 0 Å². The molecule has 1 aromatic heterocycles. The number of H-pyrrole nitrogens is 1. The van der Waals surface area contributed by atoms with Gasteiger partial charge in [0.25, 0.3) is 0 Å². The van der Waals surface area contributed by atoms with Crippen LogP contribution >= 0.6 is 0 Å². The van der Waals surface area contributed by atoms with Crippen LogP contribution in [0.3, 0.4) is 0 Å². The maximum Gasteiger partial charge on any atom is 0.0922 e. The summed E-state index contributed by atoms with van der Waals surface area (Å²) in [5, 5.41) is 0. The van der Waals surface area contributed by atoms with Gasteiger partial charge in [-0.05, 0) is 37.5 Å². The standard InChI is InChI=1S/C16H23N3/c1-12(2)14-6-5-7-16(8-14)19(13(3)4)10-15-9-17-11-18-15/h5-9,11-13H,10H2,1-4H3,(H,17,18). The molecule has 1 heterocycles. The van der Waals surface area contributed by atoms with E-state index in [1.807, 2.05) is 6.20 Å². The Morgan fingerprint density at radius 3 is 2.58 bits per heavy atom. The molecular formula is C16H23N3. The highest BCUT2D eigenvalue weighted by Crippen LogP contribution is 2.24. The van der Waals surface area contributed by atoms with Gasteiger partial charge in [0, 0.05) is 17.9 Å². The van der Waals surface area contributed by atoms with Crippen LogP contribution in [0.1, 0.15) is 44.9 Å². The number of aromatic amines is 1. The number of rotatable bonds is 5. The maximum atomic E-state index is 4.09. The van der Waals surface area contributed by atoms with Crippen LogP contribution in [-0.4, -0.2) is 16.0 Å². The van der Waals surface area contributed by atoms with Gasteiger partial charge in [-0.3, -0.25) is 0 Å². The Morgan fingerprint density at radius 2 is 2.00 bits per heavy atom. The molecule has 0 atom stereocenters. The second kappa shape index (κ2) is 5.91. The van der Waals surface area contributed by atoms with Crippen molar-refractivity contribution in [2.45, 2.75) is 46.2 Å². The average molecular weight is 257 g/mol. The van der Waals surface area contributed by atoms with Gasteiger partial charge in [0.2, 0.25) is 0 Å². The maximum absolute atomic E-state index is 4.09. The number of benzene rings is 1. The lowest BCUT2D eigenvalue weighted by Crippen LogP contribution is -2.30. The van der Waals surface area contributed by atoms with Crippen molar-refractivity contribution in [1.29, 1.82) is 0 Å². The highest BCUT2D eigenvalue weighted by molar-refractivity contribution is 5.50. The SMILES string of the molecule is CC(C)c1cccc(N(Cc2cnc[nH]2)C(C)C)c1. The fraction of sp³-hybridized carbons (Fsp3) is 0.438. The van der Waals surface area contributed by atoms with Crippen LogP contribution in [0.2, 0.25) is 0 Å². The lowest BCUT2D eigenvalue weighted by molar-refractivity contribution is 0.674. The smallest absolute Gasteiger partial charge is 0.0922 e. The number of nitrogens with one attached hydrogen (secondary N) is 1. The lowest BCUT2D eigenvalue weighted by Gasteiger charge is -2.29. The Hall–Kier alpha value is -1.77. The first kappa shape index (κ1) is 13.7. The zero-order valence-corrected chi connectivity index (χ0v) is 12.2. The summed E-state index contributed by atoms with van der Waals surface area (Å²) in [4.78, 5) is 9.66. The molecule has 0 saturated heterocycles. The summed E-state index contributed by atoms with van der Waals surface area (Å²) in [6, 6.07) is 9.27.